The van der Waals surface area contributed by atoms with Crippen molar-refractivity contribution >= 4 is 17.4 Å². The second-order valence-electron chi connectivity index (χ2n) is 4.30. The molecule has 0 saturated heterocycles. The van der Waals surface area contributed by atoms with Gasteiger partial charge in [0.05, 0.1) is 0 Å². The second-order valence-corrected chi connectivity index (χ2v) is 5.64. The largest absolute Gasteiger partial charge is 0.383 e. The van der Waals surface area contributed by atoms with Gasteiger partial charge in [0.2, 0.25) is 0 Å². The first-order chi connectivity index (χ1) is 7.01. The van der Waals surface area contributed by atoms with Gasteiger partial charge in [-0.3, -0.25) is 0 Å². The molecule has 0 bridgehead atoms. The minimum Gasteiger partial charge on any atom is -0.383 e. The lowest BCUT2D eigenvalue weighted by atomic mass is 10.1. The van der Waals surface area contributed by atoms with E-state index < -0.39 is 0 Å². The van der Waals surface area contributed by atoms with Crippen molar-refractivity contribution in [1.29, 1.82) is 0 Å². The van der Waals surface area contributed by atoms with E-state index in [0.717, 1.165) is 18.0 Å². The molecule has 0 aliphatic heterocycles. The van der Waals surface area contributed by atoms with Crippen LogP contribution in [0.25, 0.3) is 0 Å². The molecule has 1 aromatic rings. The number of rotatable bonds is 5. The smallest absolute Gasteiger partial charge is 0.0341 e. The van der Waals surface area contributed by atoms with Crippen LogP contribution >= 0.6 is 11.8 Å². The number of benzene rings is 1. The van der Waals surface area contributed by atoms with Gasteiger partial charge >= 0.3 is 0 Å². The van der Waals surface area contributed by atoms with Gasteiger partial charge in [0.1, 0.15) is 0 Å². The van der Waals surface area contributed by atoms with E-state index in [0.29, 0.717) is 0 Å². The van der Waals surface area contributed by atoms with Gasteiger partial charge < -0.3 is 11.1 Å². The zero-order chi connectivity index (χ0) is 11.3. The van der Waals surface area contributed by atoms with E-state index in [2.05, 4.69) is 36.5 Å². The van der Waals surface area contributed by atoms with Crippen molar-refractivity contribution in [3.8, 4) is 0 Å². The van der Waals surface area contributed by atoms with Crippen molar-refractivity contribution < 1.29 is 0 Å². The molecule has 3 heteroatoms. The maximum atomic E-state index is 5.89. The highest BCUT2D eigenvalue weighted by atomic mass is 32.2. The Balaban J connectivity index is 2.50. The van der Waals surface area contributed by atoms with Gasteiger partial charge in [-0.2, -0.15) is 0 Å². The van der Waals surface area contributed by atoms with E-state index >= 15 is 0 Å². The fourth-order valence-corrected chi connectivity index (χ4v) is 1.83. The van der Waals surface area contributed by atoms with Crippen LogP contribution in [0.5, 0.6) is 0 Å². The first-order valence-electron chi connectivity index (χ1n) is 5.27. The van der Waals surface area contributed by atoms with Crippen LogP contribution in [0.2, 0.25) is 0 Å². The molecule has 1 rings (SSSR count). The molecular weight excluding hydrogens is 204 g/mol. The van der Waals surface area contributed by atoms with Gasteiger partial charge in [0, 0.05) is 22.7 Å². The molecule has 0 radical (unpaired) electrons. The summed E-state index contributed by atoms with van der Waals surface area (Å²) in [7, 11) is 0. The Labute approximate surface area is 96.6 Å². The average molecular weight is 224 g/mol. The molecule has 0 aliphatic rings. The van der Waals surface area contributed by atoms with Crippen LogP contribution in [0.4, 0.5) is 5.69 Å². The third kappa shape index (κ3) is 5.09. The molecule has 0 amide bonds. The molecule has 2 nitrogen and oxygen atoms in total. The first kappa shape index (κ1) is 12.4. The summed E-state index contributed by atoms with van der Waals surface area (Å²) in [5.74, 6) is 1.11. The molecule has 0 heterocycles. The Kier molecular flexibility index (Phi) is 4.48. The van der Waals surface area contributed by atoms with Crippen molar-refractivity contribution in [1.82, 2.24) is 0 Å². The lowest BCUT2D eigenvalue weighted by Gasteiger charge is -2.19. The third-order valence-corrected chi connectivity index (χ3v) is 2.81. The fourth-order valence-electron chi connectivity index (χ4n) is 1.17. The van der Waals surface area contributed by atoms with E-state index in [4.69, 9.17) is 5.73 Å². The van der Waals surface area contributed by atoms with E-state index in [1.165, 1.54) is 4.90 Å². The Morgan fingerprint density at radius 3 is 2.33 bits per heavy atom. The molecular formula is C12H20N2S. The van der Waals surface area contributed by atoms with Crippen LogP contribution in [0.3, 0.4) is 0 Å². The lowest BCUT2D eigenvalue weighted by molar-refractivity contribution is 0.549. The summed E-state index contributed by atoms with van der Waals surface area (Å²) in [5, 5.41) is 3.32. The standard InChI is InChI=1S/C12H20N2S/c1-4-15-11-7-5-10(6-8-11)14-9-12(2,3)13/h5-8,14H,4,9,13H2,1-3H3. The van der Waals surface area contributed by atoms with Crippen molar-refractivity contribution in [3.05, 3.63) is 24.3 Å². The summed E-state index contributed by atoms with van der Waals surface area (Å²) in [4.78, 5) is 1.31. The molecule has 0 saturated carbocycles. The van der Waals surface area contributed by atoms with Crippen LogP contribution in [0.1, 0.15) is 20.8 Å². The summed E-state index contributed by atoms with van der Waals surface area (Å²) in [6, 6.07) is 8.48. The third-order valence-electron chi connectivity index (χ3n) is 1.91. The summed E-state index contributed by atoms with van der Waals surface area (Å²) < 4.78 is 0. The van der Waals surface area contributed by atoms with Crippen molar-refractivity contribution in [2.45, 2.75) is 31.2 Å². The number of anilines is 1. The van der Waals surface area contributed by atoms with E-state index in [1.54, 1.807) is 0 Å². The highest BCUT2D eigenvalue weighted by Crippen LogP contribution is 2.19. The van der Waals surface area contributed by atoms with Crippen LogP contribution in [0, 0.1) is 0 Å². The molecule has 0 atom stereocenters. The van der Waals surface area contributed by atoms with Crippen LogP contribution in [-0.4, -0.2) is 17.8 Å². The molecule has 0 fully saturated rings. The zero-order valence-corrected chi connectivity index (χ0v) is 10.5. The Morgan fingerprint density at radius 1 is 1.27 bits per heavy atom. The lowest BCUT2D eigenvalue weighted by Crippen LogP contribution is -2.39. The van der Waals surface area contributed by atoms with Gasteiger partial charge in [0.15, 0.2) is 0 Å². The molecule has 0 aliphatic carbocycles. The normalized spacial score (nSPS) is 11.5. The maximum absolute atomic E-state index is 5.89. The summed E-state index contributed by atoms with van der Waals surface area (Å²) in [6.45, 7) is 6.98. The van der Waals surface area contributed by atoms with Crippen LogP contribution in [-0.2, 0) is 0 Å². The molecule has 1 aromatic carbocycles. The molecule has 84 valence electrons. The highest BCUT2D eigenvalue weighted by molar-refractivity contribution is 7.99. The number of thioether (sulfide) groups is 1. The fraction of sp³-hybridized carbons (Fsp3) is 0.500. The minimum atomic E-state index is -0.170. The van der Waals surface area contributed by atoms with E-state index in [9.17, 15) is 0 Å². The SMILES string of the molecule is CCSc1ccc(NCC(C)(C)N)cc1. The van der Waals surface area contributed by atoms with Crippen molar-refractivity contribution in [3.63, 3.8) is 0 Å². The van der Waals surface area contributed by atoms with Gasteiger partial charge in [-0.1, -0.05) is 6.92 Å². The van der Waals surface area contributed by atoms with Crippen molar-refractivity contribution in [2.24, 2.45) is 5.73 Å². The zero-order valence-electron chi connectivity index (χ0n) is 9.71. The summed E-state index contributed by atoms with van der Waals surface area (Å²) in [6.07, 6.45) is 0. The Hall–Kier alpha value is -0.670. The number of hydrogen-bond acceptors (Lipinski definition) is 3. The molecule has 15 heavy (non-hydrogen) atoms. The minimum absolute atomic E-state index is 0.170. The molecule has 0 aromatic heterocycles. The maximum Gasteiger partial charge on any atom is 0.0341 e. The van der Waals surface area contributed by atoms with Crippen LogP contribution < -0.4 is 11.1 Å². The summed E-state index contributed by atoms with van der Waals surface area (Å²) >= 11 is 1.86. The molecule has 3 N–H and O–H groups in total. The number of nitrogens with two attached hydrogens (primary N) is 1. The molecule has 0 spiro atoms. The van der Waals surface area contributed by atoms with E-state index in [1.807, 2.05) is 25.6 Å². The summed E-state index contributed by atoms with van der Waals surface area (Å²) in [5.41, 5.74) is 6.86. The highest BCUT2D eigenvalue weighted by Gasteiger charge is 2.09. The second kappa shape index (κ2) is 5.42. The number of nitrogens with one attached hydrogen (secondary N) is 1. The topological polar surface area (TPSA) is 38.0 Å². The average Bonchev–Trinajstić information content (AvgIpc) is 2.16. The predicted molar refractivity (Wildman–Crippen MR) is 69.6 cm³/mol. The Bertz CT molecular complexity index is 287. The first-order valence-corrected chi connectivity index (χ1v) is 6.25. The van der Waals surface area contributed by atoms with Crippen LogP contribution in [0.15, 0.2) is 29.2 Å². The van der Waals surface area contributed by atoms with Gasteiger partial charge in [-0.25, -0.2) is 0 Å². The van der Waals surface area contributed by atoms with Gasteiger partial charge in [0.25, 0.3) is 0 Å². The quantitative estimate of drug-likeness (QED) is 0.755. The number of hydrogen-bond donors (Lipinski definition) is 2. The predicted octanol–water partition coefficient (Wildman–Crippen LogP) is 2.95. The monoisotopic (exact) mass is 224 g/mol. The van der Waals surface area contributed by atoms with E-state index in [-0.39, 0.29) is 5.54 Å². The molecule has 0 unspecified atom stereocenters. The van der Waals surface area contributed by atoms with Gasteiger partial charge in [-0.15, -0.1) is 11.8 Å². The Morgan fingerprint density at radius 2 is 1.87 bits per heavy atom. The van der Waals surface area contributed by atoms with Crippen molar-refractivity contribution in [2.75, 3.05) is 17.6 Å². The van der Waals surface area contributed by atoms with Gasteiger partial charge in [-0.05, 0) is 43.9 Å².